The van der Waals surface area contributed by atoms with Crippen molar-refractivity contribution in [3.05, 3.63) is 52.0 Å². The average Bonchev–Trinajstić information content (AvgIpc) is 3.31. The monoisotopic (exact) mass is 367 g/mol. The molecule has 134 valence electrons. The molecular formula is C20H21N3O2S. The Bertz CT molecular complexity index is 967. The highest BCUT2D eigenvalue weighted by atomic mass is 32.1. The summed E-state index contributed by atoms with van der Waals surface area (Å²) in [5, 5.41) is 1.91. The van der Waals surface area contributed by atoms with E-state index in [1.807, 2.05) is 41.5 Å². The SMILES string of the molecule is Cc1cc2ncn(C(=O)C3CCN(C(=O)c4cccs4)CC3)c2cc1C. The number of imidazole rings is 1. The Balaban J connectivity index is 1.49. The lowest BCUT2D eigenvalue weighted by molar-refractivity contribution is 0.0626. The van der Waals surface area contributed by atoms with E-state index in [0.29, 0.717) is 25.9 Å². The quantitative estimate of drug-likeness (QED) is 0.690. The van der Waals surface area contributed by atoms with Crippen molar-refractivity contribution in [2.75, 3.05) is 13.1 Å². The number of hydrogen-bond acceptors (Lipinski definition) is 4. The normalized spacial score (nSPS) is 15.5. The van der Waals surface area contributed by atoms with E-state index in [9.17, 15) is 9.59 Å². The molecule has 1 aliphatic heterocycles. The van der Waals surface area contributed by atoms with Gasteiger partial charge in [-0.25, -0.2) is 4.98 Å². The van der Waals surface area contributed by atoms with E-state index in [-0.39, 0.29) is 17.7 Å². The smallest absolute Gasteiger partial charge is 0.263 e. The van der Waals surface area contributed by atoms with Gasteiger partial charge in [0.2, 0.25) is 5.91 Å². The van der Waals surface area contributed by atoms with Gasteiger partial charge in [-0.2, -0.15) is 0 Å². The molecule has 0 unspecified atom stereocenters. The molecular weight excluding hydrogens is 346 g/mol. The summed E-state index contributed by atoms with van der Waals surface area (Å²) < 4.78 is 1.68. The molecule has 0 aliphatic carbocycles. The maximum atomic E-state index is 13.0. The fourth-order valence-corrected chi connectivity index (χ4v) is 4.21. The van der Waals surface area contributed by atoms with Gasteiger partial charge in [0.05, 0.1) is 15.9 Å². The minimum absolute atomic E-state index is 0.0682. The molecule has 0 N–H and O–H groups in total. The summed E-state index contributed by atoms with van der Waals surface area (Å²) in [6.45, 7) is 5.34. The number of likely N-dealkylation sites (tertiary alicyclic amines) is 1. The van der Waals surface area contributed by atoms with Crippen LogP contribution < -0.4 is 0 Å². The van der Waals surface area contributed by atoms with Crippen LogP contribution in [-0.2, 0) is 0 Å². The third-order valence-electron chi connectivity index (χ3n) is 5.26. The maximum absolute atomic E-state index is 13.0. The van der Waals surface area contributed by atoms with E-state index in [0.717, 1.165) is 21.5 Å². The zero-order valence-electron chi connectivity index (χ0n) is 14.9. The Morgan fingerprint density at radius 3 is 2.58 bits per heavy atom. The number of hydrogen-bond donors (Lipinski definition) is 0. The van der Waals surface area contributed by atoms with Crippen molar-refractivity contribution in [2.24, 2.45) is 5.92 Å². The highest BCUT2D eigenvalue weighted by molar-refractivity contribution is 7.12. The molecule has 3 heterocycles. The molecule has 3 aromatic rings. The van der Waals surface area contributed by atoms with Gasteiger partial charge >= 0.3 is 0 Å². The second kappa shape index (κ2) is 6.68. The van der Waals surface area contributed by atoms with Crippen LogP contribution in [0.25, 0.3) is 11.0 Å². The molecule has 1 amide bonds. The van der Waals surface area contributed by atoms with Crippen LogP contribution in [0.15, 0.2) is 36.0 Å². The number of rotatable bonds is 2. The zero-order chi connectivity index (χ0) is 18.3. The third kappa shape index (κ3) is 2.94. The molecule has 4 rings (SSSR count). The average molecular weight is 367 g/mol. The Morgan fingerprint density at radius 2 is 1.88 bits per heavy atom. The first-order valence-corrected chi connectivity index (χ1v) is 9.74. The summed E-state index contributed by atoms with van der Waals surface area (Å²) in [4.78, 5) is 32.5. The van der Waals surface area contributed by atoms with Crippen molar-refractivity contribution >= 4 is 34.2 Å². The number of aryl methyl sites for hydroxylation is 2. The minimum Gasteiger partial charge on any atom is -0.338 e. The molecule has 1 aliphatic rings. The minimum atomic E-state index is -0.0682. The molecule has 2 aromatic heterocycles. The molecule has 0 atom stereocenters. The zero-order valence-corrected chi connectivity index (χ0v) is 15.8. The van der Waals surface area contributed by atoms with Crippen molar-refractivity contribution in [3.8, 4) is 0 Å². The van der Waals surface area contributed by atoms with Gasteiger partial charge in [0.1, 0.15) is 6.33 Å². The van der Waals surface area contributed by atoms with Crippen molar-refractivity contribution in [3.63, 3.8) is 0 Å². The van der Waals surface area contributed by atoms with E-state index in [1.165, 1.54) is 16.9 Å². The molecule has 0 bridgehead atoms. The molecule has 0 radical (unpaired) electrons. The molecule has 6 heteroatoms. The highest BCUT2D eigenvalue weighted by Gasteiger charge is 2.29. The molecule has 5 nitrogen and oxygen atoms in total. The van der Waals surface area contributed by atoms with E-state index in [4.69, 9.17) is 0 Å². The van der Waals surface area contributed by atoms with Crippen molar-refractivity contribution in [2.45, 2.75) is 26.7 Å². The van der Waals surface area contributed by atoms with Gasteiger partial charge in [0, 0.05) is 19.0 Å². The van der Waals surface area contributed by atoms with Crippen LogP contribution in [0, 0.1) is 19.8 Å². The summed E-state index contributed by atoms with van der Waals surface area (Å²) in [7, 11) is 0. The molecule has 0 saturated carbocycles. The molecule has 26 heavy (non-hydrogen) atoms. The molecule has 1 fully saturated rings. The van der Waals surface area contributed by atoms with E-state index in [2.05, 4.69) is 11.9 Å². The summed E-state index contributed by atoms with van der Waals surface area (Å²) in [6.07, 6.45) is 3.02. The van der Waals surface area contributed by atoms with Crippen LogP contribution in [0.5, 0.6) is 0 Å². The molecule has 1 saturated heterocycles. The second-order valence-electron chi connectivity index (χ2n) is 6.92. The maximum Gasteiger partial charge on any atom is 0.263 e. The van der Waals surface area contributed by atoms with Crippen LogP contribution in [-0.4, -0.2) is 39.4 Å². The lowest BCUT2D eigenvalue weighted by Crippen LogP contribution is -2.40. The topological polar surface area (TPSA) is 55.2 Å². The number of carbonyl (C=O) groups is 2. The van der Waals surface area contributed by atoms with Gasteiger partial charge in [-0.1, -0.05) is 6.07 Å². The number of benzene rings is 1. The highest BCUT2D eigenvalue weighted by Crippen LogP contribution is 2.25. The number of nitrogens with zero attached hydrogens (tertiary/aromatic N) is 3. The summed E-state index contributed by atoms with van der Waals surface area (Å²) in [6, 6.07) is 7.80. The van der Waals surface area contributed by atoms with Crippen LogP contribution >= 0.6 is 11.3 Å². The third-order valence-corrected chi connectivity index (χ3v) is 6.12. The predicted molar refractivity (Wildman–Crippen MR) is 103 cm³/mol. The summed E-state index contributed by atoms with van der Waals surface area (Å²) in [5.74, 6) is 0.0884. The summed E-state index contributed by atoms with van der Waals surface area (Å²) in [5.41, 5.74) is 4.06. The van der Waals surface area contributed by atoms with Crippen LogP contribution in [0.4, 0.5) is 0 Å². The Hall–Kier alpha value is -2.47. The van der Waals surface area contributed by atoms with E-state index in [1.54, 1.807) is 10.9 Å². The lowest BCUT2D eigenvalue weighted by atomic mass is 9.95. The van der Waals surface area contributed by atoms with Crippen molar-refractivity contribution in [1.82, 2.24) is 14.5 Å². The standard InChI is InChI=1S/C20H21N3O2S/c1-13-10-16-17(11-14(13)2)23(12-21-16)19(24)15-5-7-22(8-6-15)20(25)18-4-3-9-26-18/h3-4,9-12,15H,5-8H2,1-2H3. The van der Waals surface area contributed by atoms with Gasteiger partial charge in [0.25, 0.3) is 5.91 Å². The van der Waals surface area contributed by atoms with Gasteiger partial charge in [0.15, 0.2) is 0 Å². The number of fused-ring (bicyclic) bond motifs is 1. The first kappa shape index (κ1) is 17.0. The lowest BCUT2D eigenvalue weighted by Gasteiger charge is -2.31. The van der Waals surface area contributed by atoms with Gasteiger partial charge in [-0.05, 0) is 61.4 Å². The Labute approximate surface area is 156 Å². The molecule has 1 aromatic carbocycles. The van der Waals surface area contributed by atoms with Crippen LogP contribution in [0.2, 0.25) is 0 Å². The number of amides is 1. The van der Waals surface area contributed by atoms with Crippen LogP contribution in [0.1, 0.15) is 38.4 Å². The Kier molecular flexibility index (Phi) is 4.36. The number of piperidine rings is 1. The number of thiophene rings is 1. The first-order valence-electron chi connectivity index (χ1n) is 8.86. The van der Waals surface area contributed by atoms with E-state index >= 15 is 0 Å². The fraction of sp³-hybridized carbons (Fsp3) is 0.350. The van der Waals surface area contributed by atoms with Gasteiger partial charge in [-0.3, -0.25) is 14.2 Å². The number of aromatic nitrogens is 2. The van der Waals surface area contributed by atoms with Gasteiger partial charge < -0.3 is 4.90 Å². The molecule has 0 spiro atoms. The van der Waals surface area contributed by atoms with E-state index < -0.39 is 0 Å². The van der Waals surface area contributed by atoms with Gasteiger partial charge in [-0.15, -0.1) is 11.3 Å². The summed E-state index contributed by atoms with van der Waals surface area (Å²) >= 11 is 1.46. The Morgan fingerprint density at radius 1 is 1.15 bits per heavy atom. The van der Waals surface area contributed by atoms with Crippen LogP contribution in [0.3, 0.4) is 0 Å². The predicted octanol–water partition coefficient (Wildman–Crippen LogP) is 3.91. The first-order chi connectivity index (χ1) is 12.5. The van der Waals surface area contributed by atoms with Crippen molar-refractivity contribution in [1.29, 1.82) is 0 Å². The van der Waals surface area contributed by atoms with Crippen molar-refractivity contribution < 1.29 is 9.59 Å². The number of carbonyl (C=O) groups excluding carboxylic acids is 2. The fourth-order valence-electron chi connectivity index (χ4n) is 3.52. The largest absolute Gasteiger partial charge is 0.338 e. The second-order valence-corrected chi connectivity index (χ2v) is 7.87.